The number of carbonyl (C=O) groups is 1. The lowest BCUT2D eigenvalue weighted by atomic mass is 10.1. The van der Waals surface area contributed by atoms with Crippen LogP contribution in [-0.2, 0) is 4.79 Å². The molecule has 6 nitrogen and oxygen atoms in total. The van der Waals surface area contributed by atoms with Gasteiger partial charge in [0.15, 0.2) is 11.5 Å². The molecule has 0 radical (unpaired) electrons. The van der Waals surface area contributed by atoms with Gasteiger partial charge in [-0.05, 0) is 38.1 Å². The molecular weight excluding hydrogens is 362 g/mol. The maximum atomic E-state index is 12.5. The van der Waals surface area contributed by atoms with E-state index in [1.54, 1.807) is 29.5 Å². The van der Waals surface area contributed by atoms with Gasteiger partial charge in [-0.1, -0.05) is 12.1 Å². The highest BCUT2D eigenvalue weighted by Crippen LogP contribution is 2.34. The summed E-state index contributed by atoms with van der Waals surface area (Å²) in [6.45, 7) is 4.02. The second-order valence-electron chi connectivity index (χ2n) is 6.25. The topological polar surface area (TPSA) is 72.5 Å². The molecule has 1 amide bonds. The van der Waals surface area contributed by atoms with E-state index in [-0.39, 0.29) is 12.7 Å². The van der Waals surface area contributed by atoms with Gasteiger partial charge in [0.25, 0.3) is 0 Å². The average molecular weight is 381 g/mol. The highest BCUT2D eigenvalue weighted by atomic mass is 32.1. The molecule has 0 aliphatic carbocycles. The van der Waals surface area contributed by atoms with Gasteiger partial charge in [-0.2, -0.15) is 0 Å². The fourth-order valence-electron chi connectivity index (χ4n) is 2.77. The largest absolute Gasteiger partial charge is 0.454 e. The number of aryl methyl sites for hydroxylation is 1. The maximum absolute atomic E-state index is 12.5. The molecule has 2 aromatic carbocycles. The van der Waals surface area contributed by atoms with Crippen LogP contribution in [0.3, 0.4) is 0 Å². The summed E-state index contributed by atoms with van der Waals surface area (Å²) >= 11 is 1.63. The molecule has 2 heterocycles. The Morgan fingerprint density at radius 2 is 1.85 bits per heavy atom. The lowest BCUT2D eigenvalue weighted by molar-refractivity contribution is -0.116. The number of benzene rings is 2. The SMILES string of the molecule is Cc1nc(-c2ccc(NC(C)C(=O)Nc3ccc4c(c3)OCO4)cc2)cs1. The summed E-state index contributed by atoms with van der Waals surface area (Å²) in [5, 5.41) is 9.18. The number of nitrogens with zero attached hydrogens (tertiary/aromatic N) is 1. The molecule has 138 valence electrons. The van der Waals surface area contributed by atoms with E-state index in [1.807, 2.05) is 43.5 Å². The van der Waals surface area contributed by atoms with E-state index in [9.17, 15) is 4.79 Å². The third-order valence-corrected chi connectivity index (χ3v) is 4.99. The second-order valence-corrected chi connectivity index (χ2v) is 7.31. The first-order valence-electron chi connectivity index (χ1n) is 8.58. The number of aromatic nitrogens is 1. The minimum absolute atomic E-state index is 0.131. The van der Waals surface area contributed by atoms with Gasteiger partial charge >= 0.3 is 0 Å². The number of hydrogen-bond donors (Lipinski definition) is 2. The second kappa shape index (κ2) is 7.28. The van der Waals surface area contributed by atoms with Crippen LogP contribution in [0.1, 0.15) is 11.9 Å². The molecule has 3 aromatic rings. The van der Waals surface area contributed by atoms with Gasteiger partial charge in [0.1, 0.15) is 6.04 Å². The molecule has 4 rings (SSSR count). The van der Waals surface area contributed by atoms with Crippen molar-refractivity contribution in [2.45, 2.75) is 19.9 Å². The molecule has 1 unspecified atom stereocenters. The Labute approximate surface area is 161 Å². The first-order chi connectivity index (χ1) is 13.1. The van der Waals surface area contributed by atoms with Gasteiger partial charge in [0, 0.05) is 28.4 Å². The summed E-state index contributed by atoms with van der Waals surface area (Å²) in [6, 6.07) is 12.8. The van der Waals surface area contributed by atoms with Gasteiger partial charge in [-0.3, -0.25) is 4.79 Å². The van der Waals surface area contributed by atoms with Crippen LogP contribution in [0.25, 0.3) is 11.3 Å². The molecule has 27 heavy (non-hydrogen) atoms. The van der Waals surface area contributed by atoms with Crippen molar-refractivity contribution >= 4 is 28.6 Å². The summed E-state index contributed by atoms with van der Waals surface area (Å²) < 4.78 is 10.6. The highest BCUT2D eigenvalue weighted by Gasteiger charge is 2.17. The van der Waals surface area contributed by atoms with Crippen LogP contribution in [0.15, 0.2) is 47.8 Å². The Morgan fingerprint density at radius 1 is 1.11 bits per heavy atom. The van der Waals surface area contributed by atoms with Crippen molar-refractivity contribution in [3.8, 4) is 22.8 Å². The van der Waals surface area contributed by atoms with E-state index in [1.165, 1.54) is 0 Å². The average Bonchev–Trinajstić information content (AvgIpc) is 3.30. The van der Waals surface area contributed by atoms with Crippen LogP contribution in [-0.4, -0.2) is 23.7 Å². The van der Waals surface area contributed by atoms with Gasteiger partial charge in [-0.15, -0.1) is 11.3 Å². The fourth-order valence-corrected chi connectivity index (χ4v) is 3.40. The summed E-state index contributed by atoms with van der Waals surface area (Å²) in [5.41, 5.74) is 3.58. The van der Waals surface area contributed by atoms with Crippen molar-refractivity contribution in [1.82, 2.24) is 4.98 Å². The van der Waals surface area contributed by atoms with Crippen molar-refractivity contribution in [1.29, 1.82) is 0 Å². The number of carbonyl (C=O) groups excluding carboxylic acids is 1. The third kappa shape index (κ3) is 3.88. The Hall–Kier alpha value is -3.06. The lowest BCUT2D eigenvalue weighted by Gasteiger charge is -2.15. The van der Waals surface area contributed by atoms with E-state index in [0.717, 1.165) is 22.0 Å². The third-order valence-electron chi connectivity index (χ3n) is 4.22. The lowest BCUT2D eigenvalue weighted by Crippen LogP contribution is -2.31. The quantitative estimate of drug-likeness (QED) is 0.690. The zero-order valence-corrected chi connectivity index (χ0v) is 15.8. The standard InChI is InChI=1S/C20H19N3O3S/c1-12(20(24)23-16-7-8-18-19(9-16)26-11-25-18)21-15-5-3-14(4-6-15)17-10-27-13(2)22-17/h3-10,12,21H,11H2,1-2H3,(H,23,24). The van der Waals surface area contributed by atoms with E-state index in [4.69, 9.17) is 9.47 Å². The summed E-state index contributed by atoms with van der Waals surface area (Å²) in [7, 11) is 0. The van der Waals surface area contributed by atoms with Crippen molar-refractivity contribution in [2.75, 3.05) is 17.4 Å². The zero-order valence-electron chi connectivity index (χ0n) is 15.0. The molecular formula is C20H19N3O3S. The molecule has 1 aliphatic rings. The molecule has 2 N–H and O–H groups in total. The van der Waals surface area contributed by atoms with Gasteiger partial charge < -0.3 is 20.1 Å². The number of rotatable bonds is 5. The predicted molar refractivity (Wildman–Crippen MR) is 107 cm³/mol. The van der Waals surface area contributed by atoms with Crippen molar-refractivity contribution < 1.29 is 14.3 Å². The molecule has 7 heteroatoms. The predicted octanol–water partition coefficient (Wildman–Crippen LogP) is 4.29. The number of amides is 1. The first-order valence-corrected chi connectivity index (χ1v) is 9.46. The van der Waals surface area contributed by atoms with Crippen molar-refractivity contribution in [3.05, 3.63) is 52.9 Å². The van der Waals surface area contributed by atoms with Gasteiger partial charge in [0.05, 0.1) is 10.7 Å². The van der Waals surface area contributed by atoms with Gasteiger partial charge in [-0.25, -0.2) is 4.98 Å². The normalized spacial score (nSPS) is 13.3. The number of anilines is 2. The summed E-state index contributed by atoms with van der Waals surface area (Å²) in [5.74, 6) is 1.20. The van der Waals surface area contributed by atoms with E-state index >= 15 is 0 Å². The Kier molecular flexibility index (Phi) is 4.68. The Balaban J connectivity index is 1.38. The molecule has 0 fully saturated rings. The number of ether oxygens (including phenoxy) is 2. The zero-order chi connectivity index (χ0) is 18.8. The smallest absolute Gasteiger partial charge is 0.246 e. The van der Waals surface area contributed by atoms with E-state index in [2.05, 4.69) is 15.6 Å². The maximum Gasteiger partial charge on any atom is 0.246 e. The Bertz CT molecular complexity index is 969. The van der Waals surface area contributed by atoms with Crippen molar-refractivity contribution in [2.24, 2.45) is 0 Å². The van der Waals surface area contributed by atoms with Crippen LogP contribution in [0.4, 0.5) is 11.4 Å². The Morgan fingerprint density at radius 3 is 2.59 bits per heavy atom. The van der Waals surface area contributed by atoms with Crippen LogP contribution in [0, 0.1) is 6.92 Å². The minimum Gasteiger partial charge on any atom is -0.454 e. The van der Waals surface area contributed by atoms with Crippen LogP contribution in [0.5, 0.6) is 11.5 Å². The molecule has 0 bridgehead atoms. The minimum atomic E-state index is -0.400. The number of fused-ring (bicyclic) bond motifs is 1. The molecule has 1 aromatic heterocycles. The first kappa shape index (κ1) is 17.4. The fraction of sp³-hybridized carbons (Fsp3) is 0.200. The van der Waals surface area contributed by atoms with Gasteiger partial charge in [0.2, 0.25) is 12.7 Å². The number of hydrogen-bond acceptors (Lipinski definition) is 6. The van der Waals surface area contributed by atoms with Crippen LogP contribution in [0.2, 0.25) is 0 Å². The number of thiazole rings is 1. The van der Waals surface area contributed by atoms with Crippen LogP contribution >= 0.6 is 11.3 Å². The molecule has 1 atom stereocenters. The van der Waals surface area contributed by atoms with Crippen LogP contribution < -0.4 is 20.1 Å². The number of nitrogens with one attached hydrogen (secondary N) is 2. The summed E-state index contributed by atoms with van der Waals surface area (Å²) in [6.07, 6.45) is 0. The van der Waals surface area contributed by atoms with E-state index < -0.39 is 6.04 Å². The molecule has 0 spiro atoms. The van der Waals surface area contributed by atoms with E-state index in [0.29, 0.717) is 17.2 Å². The van der Waals surface area contributed by atoms with Crippen molar-refractivity contribution in [3.63, 3.8) is 0 Å². The monoisotopic (exact) mass is 381 g/mol. The summed E-state index contributed by atoms with van der Waals surface area (Å²) in [4.78, 5) is 16.9. The molecule has 0 saturated heterocycles. The molecule has 0 saturated carbocycles. The molecule has 1 aliphatic heterocycles. The highest BCUT2D eigenvalue weighted by molar-refractivity contribution is 7.09.